The van der Waals surface area contributed by atoms with Gasteiger partial charge in [-0.05, 0) is 19.0 Å². The van der Waals surface area contributed by atoms with E-state index in [2.05, 4.69) is 0 Å². The molecule has 0 atom stereocenters. The number of carboxylic acids is 1. The fraction of sp³-hybridized carbons (Fsp3) is 0.417. The van der Waals surface area contributed by atoms with Gasteiger partial charge in [0.15, 0.2) is 0 Å². The van der Waals surface area contributed by atoms with E-state index in [1.807, 2.05) is 6.92 Å². The van der Waals surface area contributed by atoms with Gasteiger partial charge in [-0.25, -0.2) is 4.39 Å². The van der Waals surface area contributed by atoms with E-state index in [1.165, 1.54) is 17.0 Å². The van der Waals surface area contributed by atoms with Crippen LogP contribution >= 0.6 is 0 Å². The third-order valence-corrected chi connectivity index (χ3v) is 2.57. The molecule has 0 aromatic heterocycles. The largest absolute Gasteiger partial charge is 0.480 e. The van der Waals surface area contributed by atoms with Crippen molar-refractivity contribution in [3.8, 4) is 0 Å². The molecule has 0 aliphatic carbocycles. The molecule has 19 heavy (non-hydrogen) atoms. The summed E-state index contributed by atoms with van der Waals surface area (Å²) in [4.78, 5) is 22.4. The van der Waals surface area contributed by atoms with Crippen LogP contribution in [0.5, 0.6) is 0 Å². The Kier molecular flexibility index (Phi) is 5.37. The van der Waals surface area contributed by atoms with Gasteiger partial charge in [0.25, 0.3) is 5.69 Å². The van der Waals surface area contributed by atoms with Gasteiger partial charge in [-0.15, -0.1) is 0 Å². The zero-order chi connectivity index (χ0) is 14.4. The predicted octanol–water partition coefficient (Wildman–Crippen LogP) is 2.03. The molecular weight excluding hydrogens is 255 g/mol. The second-order valence-electron chi connectivity index (χ2n) is 4.10. The number of benzene rings is 1. The highest BCUT2D eigenvalue weighted by Crippen LogP contribution is 2.23. The van der Waals surface area contributed by atoms with Crippen molar-refractivity contribution in [1.29, 1.82) is 0 Å². The van der Waals surface area contributed by atoms with Gasteiger partial charge in [0.05, 0.1) is 17.0 Å². The molecule has 0 aliphatic heterocycles. The van der Waals surface area contributed by atoms with Crippen LogP contribution in [0.3, 0.4) is 0 Å². The number of nitrogens with zero attached hydrogens (tertiary/aromatic N) is 2. The van der Waals surface area contributed by atoms with E-state index in [4.69, 9.17) is 5.11 Å². The molecule has 0 aliphatic rings. The maximum atomic E-state index is 13.7. The van der Waals surface area contributed by atoms with Crippen LogP contribution in [0.25, 0.3) is 0 Å². The normalized spacial score (nSPS) is 10.7. The van der Waals surface area contributed by atoms with Crippen LogP contribution in [0, 0.1) is 15.9 Å². The zero-order valence-corrected chi connectivity index (χ0v) is 10.5. The molecule has 6 nitrogen and oxygen atoms in total. The Labute approximate surface area is 109 Å². The number of rotatable bonds is 7. The minimum Gasteiger partial charge on any atom is -0.480 e. The van der Waals surface area contributed by atoms with Crippen LogP contribution in [0.4, 0.5) is 10.1 Å². The van der Waals surface area contributed by atoms with E-state index in [9.17, 15) is 19.3 Å². The Morgan fingerprint density at radius 3 is 2.74 bits per heavy atom. The van der Waals surface area contributed by atoms with Crippen molar-refractivity contribution in [2.45, 2.75) is 19.9 Å². The predicted molar refractivity (Wildman–Crippen MR) is 66.3 cm³/mol. The third kappa shape index (κ3) is 4.29. The van der Waals surface area contributed by atoms with Crippen LogP contribution in [0.15, 0.2) is 18.2 Å². The van der Waals surface area contributed by atoms with Crippen molar-refractivity contribution in [3.63, 3.8) is 0 Å². The standard InChI is InChI=1S/C12H15FN2O4/c1-2-6-14(8-12(16)17)7-9-10(13)4-3-5-11(9)15(18)19/h3-5H,2,6-8H2,1H3,(H,16,17). The molecule has 1 aromatic rings. The Morgan fingerprint density at radius 2 is 2.21 bits per heavy atom. The number of hydrogen-bond donors (Lipinski definition) is 1. The van der Waals surface area contributed by atoms with Gasteiger partial charge in [0, 0.05) is 12.6 Å². The summed E-state index contributed by atoms with van der Waals surface area (Å²) >= 11 is 0. The second-order valence-corrected chi connectivity index (χ2v) is 4.10. The van der Waals surface area contributed by atoms with Crippen molar-refractivity contribution in [2.24, 2.45) is 0 Å². The van der Waals surface area contributed by atoms with E-state index >= 15 is 0 Å². The quantitative estimate of drug-likeness (QED) is 0.605. The van der Waals surface area contributed by atoms with E-state index in [-0.39, 0.29) is 24.3 Å². The molecule has 1 N–H and O–H groups in total. The van der Waals surface area contributed by atoms with Crippen LogP contribution in [0.1, 0.15) is 18.9 Å². The van der Waals surface area contributed by atoms with Crippen LogP contribution in [-0.2, 0) is 11.3 Å². The summed E-state index contributed by atoms with van der Waals surface area (Å²) in [5, 5.41) is 19.6. The molecule has 0 bridgehead atoms. The monoisotopic (exact) mass is 270 g/mol. The molecule has 104 valence electrons. The SMILES string of the molecule is CCCN(CC(=O)O)Cc1c(F)cccc1[N+](=O)[O-]. The Balaban J connectivity index is 3.00. The molecule has 0 saturated heterocycles. The smallest absolute Gasteiger partial charge is 0.317 e. The first-order chi connectivity index (χ1) is 8.95. The molecular formula is C12H15FN2O4. The number of hydrogen-bond acceptors (Lipinski definition) is 4. The maximum absolute atomic E-state index is 13.7. The molecule has 1 rings (SSSR count). The molecule has 7 heteroatoms. The van der Waals surface area contributed by atoms with Crippen LogP contribution in [0.2, 0.25) is 0 Å². The van der Waals surface area contributed by atoms with Crippen molar-refractivity contribution >= 4 is 11.7 Å². The molecule has 0 radical (unpaired) electrons. The second kappa shape index (κ2) is 6.79. The molecule has 0 saturated carbocycles. The Morgan fingerprint density at radius 1 is 1.53 bits per heavy atom. The maximum Gasteiger partial charge on any atom is 0.317 e. The van der Waals surface area contributed by atoms with E-state index < -0.39 is 16.7 Å². The zero-order valence-electron chi connectivity index (χ0n) is 10.5. The first kappa shape index (κ1) is 15.0. The van der Waals surface area contributed by atoms with E-state index in [0.29, 0.717) is 13.0 Å². The van der Waals surface area contributed by atoms with Gasteiger partial charge < -0.3 is 5.11 Å². The molecule has 0 amide bonds. The minimum absolute atomic E-state index is 0.0813. The van der Waals surface area contributed by atoms with Crippen molar-refractivity contribution < 1.29 is 19.2 Å². The molecule has 0 spiro atoms. The van der Waals surface area contributed by atoms with Crippen molar-refractivity contribution in [3.05, 3.63) is 39.7 Å². The summed E-state index contributed by atoms with van der Waals surface area (Å²) < 4.78 is 13.7. The number of nitro groups is 1. The lowest BCUT2D eigenvalue weighted by Gasteiger charge is -2.19. The van der Waals surface area contributed by atoms with Gasteiger partial charge in [-0.2, -0.15) is 0 Å². The third-order valence-electron chi connectivity index (χ3n) is 2.57. The summed E-state index contributed by atoms with van der Waals surface area (Å²) in [6.07, 6.45) is 0.676. The highest BCUT2D eigenvalue weighted by Gasteiger charge is 2.21. The minimum atomic E-state index is -1.05. The van der Waals surface area contributed by atoms with Gasteiger partial charge in [-0.3, -0.25) is 19.8 Å². The van der Waals surface area contributed by atoms with Crippen molar-refractivity contribution in [1.82, 2.24) is 4.90 Å². The molecule has 0 fully saturated rings. The van der Waals surface area contributed by atoms with E-state index in [0.717, 1.165) is 6.07 Å². The topological polar surface area (TPSA) is 83.7 Å². The summed E-state index contributed by atoms with van der Waals surface area (Å²) in [6.45, 7) is 1.91. The van der Waals surface area contributed by atoms with E-state index in [1.54, 1.807) is 0 Å². The lowest BCUT2D eigenvalue weighted by Crippen LogP contribution is -2.30. The average Bonchev–Trinajstić information content (AvgIpc) is 2.30. The van der Waals surface area contributed by atoms with Gasteiger partial charge >= 0.3 is 5.97 Å². The number of carbonyl (C=O) groups is 1. The van der Waals surface area contributed by atoms with Gasteiger partial charge in [-0.1, -0.05) is 13.0 Å². The summed E-state index contributed by atoms with van der Waals surface area (Å²) in [7, 11) is 0. The number of nitro benzene ring substituents is 1. The summed E-state index contributed by atoms with van der Waals surface area (Å²) in [5.41, 5.74) is -0.409. The first-order valence-electron chi connectivity index (χ1n) is 5.81. The molecule has 1 aromatic carbocycles. The van der Waals surface area contributed by atoms with Crippen molar-refractivity contribution in [2.75, 3.05) is 13.1 Å². The lowest BCUT2D eigenvalue weighted by molar-refractivity contribution is -0.386. The summed E-state index contributed by atoms with van der Waals surface area (Å²) in [5.74, 6) is -1.74. The number of halogens is 1. The fourth-order valence-corrected chi connectivity index (χ4v) is 1.82. The van der Waals surface area contributed by atoms with Crippen LogP contribution in [-0.4, -0.2) is 34.0 Å². The summed E-state index contributed by atoms with van der Waals surface area (Å²) in [6, 6.07) is 3.61. The Bertz CT molecular complexity index is 479. The highest BCUT2D eigenvalue weighted by molar-refractivity contribution is 5.69. The fourth-order valence-electron chi connectivity index (χ4n) is 1.82. The van der Waals surface area contributed by atoms with Gasteiger partial charge in [0.1, 0.15) is 5.82 Å². The first-order valence-corrected chi connectivity index (χ1v) is 5.81. The van der Waals surface area contributed by atoms with Crippen LogP contribution < -0.4 is 0 Å². The van der Waals surface area contributed by atoms with Gasteiger partial charge in [0.2, 0.25) is 0 Å². The number of carboxylic acid groups (broad SMARTS) is 1. The molecule has 0 heterocycles. The molecule has 0 unspecified atom stereocenters. The lowest BCUT2D eigenvalue weighted by atomic mass is 10.1. The number of aliphatic carboxylic acids is 1. The Hall–Kier alpha value is -2.02. The highest BCUT2D eigenvalue weighted by atomic mass is 19.1. The average molecular weight is 270 g/mol.